The van der Waals surface area contributed by atoms with Gasteiger partial charge in [-0.3, -0.25) is 4.79 Å². The molecule has 0 aliphatic heterocycles. The molecule has 6 nitrogen and oxygen atoms in total. The van der Waals surface area contributed by atoms with Gasteiger partial charge in [0, 0.05) is 5.69 Å². The van der Waals surface area contributed by atoms with Crippen LogP contribution in [0.25, 0.3) is 5.65 Å². The average molecular weight is 275 g/mol. The maximum atomic E-state index is 12.1. The van der Waals surface area contributed by atoms with Gasteiger partial charge < -0.3 is 9.47 Å². The van der Waals surface area contributed by atoms with Crippen LogP contribution in [0.5, 0.6) is 5.75 Å². The van der Waals surface area contributed by atoms with Gasteiger partial charge in [-0.2, -0.15) is 0 Å². The van der Waals surface area contributed by atoms with E-state index in [0.29, 0.717) is 23.8 Å². The van der Waals surface area contributed by atoms with Crippen LogP contribution in [0.3, 0.4) is 0 Å². The Morgan fingerprint density at radius 2 is 2.20 bits per heavy atom. The van der Waals surface area contributed by atoms with Gasteiger partial charge in [-0.1, -0.05) is 0 Å². The fraction of sp³-hybridized carbons (Fsp3) is 0.500. The third-order valence-electron chi connectivity index (χ3n) is 3.70. The Labute approximate surface area is 116 Å². The molecule has 3 rings (SSSR count). The predicted octanol–water partition coefficient (Wildman–Crippen LogP) is 1.64. The first-order chi connectivity index (χ1) is 9.62. The average Bonchev–Trinajstić information content (AvgIpc) is 3.13. The molecule has 0 atom stereocenters. The first-order valence-electron chi connectivity index (χ1n) is 6.70. The van der Waals surface area contributed by atoms with Crippen molar-refractivity contribution in [3.63, 3.8) is 0 Å². The minimum atomic E-state index is -0.653. The SMILES string of the molecule is CCOC(=O)C1(c2nc3c(OC)ccc(C)n3n2)CC1. The summed E-state index contributed by atoms with van der Waals surface area (Å²) in [6.45, 7) is 4.11. The second-order valence-corrected chi connectivity index (χ2v) is 5.02. The lowest BCUT2D eigenvalue weighted by atomic mass is 10.1. The Balaban J connectivity index is 2.10. The number of carbonyl (C=O) groups is 1. The lowest BCUT2D eigenvalue weighted by Gasteiger charge is -2.08. The number of hydrogen-bond donors (Lipinski definition) is 0. The molecule has 6 heteroatoms. The molecule has 0 radical (unpaired) electrons. The summed E-state index contributed by atoms with van der Waals surface area (Å²) in [6, 6.07) is 3.77. The van der Waals surface area contributed by atoms with Crippen molar-refractivity contribution < 1.29 is 14.3 Å². The fourth-order valence-electron chi connectivity index (χ4n) is 2.33. The maximum Gasteiger partial charge on any atom is 0.319 e. The van der Waals surface area contributed by atoms with E-state index in [1.54, 1.807) is 18.5 Å². The molecule has 0 amide bonds. The molecular weight excluding hydrogens is 258 g/mol. The highest BCUT2D eigenvalue weighted by Gasteiger charge is 2.56. The molecule has 0 aromatic carbocycles. The summed E-state index contributed by atoms with van der Waals surface area (Å²) in [5.41, 5.74) is 0.928. The van der Waals surface area contributed by atoms with Crippen molar-refractivity contribution >= 4 is 11.6 Å². The molecule has 1 saturated carbocycles. The summed E-state index contributed by atoms with van der Waals surface area (Å²) >= 11 is 0. The summed E-state index contributed by atoms with van der Waals surface area (Å²) < 4.78 is 12.2. The lowest BCUT2D eigenvalue weighted by Crippen LogP contribution is -2.24. The molecule has 1 fully saturated rings. The van der Waals surface area contributed by atoms with E-state index in [1.165, 1.54) is 0 Å². The van der Waals surface area contributed by atoms with Crippen molar-refractivity contribution in [2.24, 2.45) is 0 Å². The first kappa shape index (κ1) is 12.9. The van der Waals surface area contributed by atoms with Crippen molar-refractivity contribution in [2.45, 2.75) is 32.1 Å². The van der Waals surface area contributed by atoms with E-state index in [0.717, 1.165) is 18.5 Å². The number of esters is 1. The molecular formula is C14H17N3O3. The van der Waals surface area contributed by atoms with Crippen molar-refractivity contribution in [3.05, 3.63) is 23.7 Å². The van der Waals surface area contributed by atoms with Crippen molar-refractivity contribution in [1.29, 1.82) is 0 Å². The van der Waals surface area contributed by atoms with Crippen LogP contribution in [0.2, 0.25) is 0 Å². The van der Waals surface area contributed by atoms with Crippen LogP contribution in [0.4, 0.5) is 0 Å². The zero-order chi connectivity index (χ0) is 14.3. The molecule has 0 saturated heterocycles. The molecule has 1 aliphatic rings. The Kier molecular flexibility index (Phi) is 2.88. The number of ether oxygens (including phenoxy) is 2. The standard InChI is InChI=1S/C14H17N3O3/c1-4-20-13(18)14(7-8-14)12-15-11-10(19-3)6-5-9(2)17(11)16-12/h5-6H,4,7-8H2,1-3H3. The number of aryl methyl sites for hydroxylation is 1. The molecule has 0 bridgehead atoms. The van der Waals surface area contributed by atoms with Gasteiger partial charge in [0.2, 0.25) is 0 Å². The number of aromatic nitrogens is 3. The molecule has 2 heterocycles. The summed E-state index contributed by atoms with van der Waals surface area (Å²) in [6.07, 6.45) is 1.48. The smallest absolute Gasteiger partial charge is 0.319 e. The highest BCUT2D eigenvalue weighted by atomic mass is 16.5. The topological polar surface area (TPSA) is 65.7 Å². The monoisotopic (exact) mass is 275 g/mol. The minimum Gasteiger partial charge on any atom is -0.493 e. The Morgan fingerprint density at radius 1 is 1.45 bits per heavy atom. The predicted molar refractivity (Wildman–Crippen MR) is 71.8 cm³/mol. The molecule has 0 spiro atoms. The molecule has 0 N–H and O–H groups in total. The molecule has 0 unspecified atom stereocenters. The van der Waals surface area contributed by atoms with E-state index in [2.05, 4.69) is 10.1 Å². The summed E-state index contributed by atoms with van der Waals surface area (Å²) in [7, 11) is 1.59. The van der Waals surface area contributed by atoms with Crippen molar-refractivity contribution in [3.8, 4) is 5.75 Å². The van der Waals surface area contributed by atoms with Crippen molar-refractivity contribution in [2.75, 3.05) is 13.7 Å². The van der Waals surface area contributed by atoms with Crippen LogP contribution >= 0.6 is 0 Å². The van der Waals surface area contributed by atoms with Gasteiger partial charge in [-0.15, -0.1) is 5.10 Å². The zero-order valence-corrected chi connectivity index (χ0v) is 11.8. The van der Waals surface area contributed by atoms with E-state index in [4.69, 9.17) is 9.47 Å². The van der Waals surface area contributed by atoms with Crippen LogP contribution in [0, 0.1) is 6.92 Å². The largest absolute Gasteiger partial charge is 0.493 e. The quantitative estimate of drug-likeness (QED) is 0.794. The number of methoxy groups -OCH3 is 1. The van der Waals surface area contributed by atoms with Crippen LogP contribution in [0.15, 0.2) is 12.1 Å². The van der Waals surface area contributed by atoms with Crippen LogP contribution < -0.4 is 4.74 Å². The normalized spacial score (nSPS) is 16.1. The van der Waals surface area contributed by atoms with E-state index in [9.17, 15) is 4.79 Å². The van der Waals surface area contributed by atoms with E-state index in [-0.39, 0.29) is 5.97 Å². The van der Waals surface area contributed by atoms with E-state index >= 15 is 0 Å². The molecule has 2 aromatic heterocycles. The molecule has 106 valence electrons. The van der Waals surface area contributed by atoms with Crippen LogP contribution in [-0.4, -0.2) is 34.3 Å². The number of fused-ring (bicyclic) bond motifs is 1. The Morgan fingerprint density at radius 3 is 2.80 bits per heavy atom. The number of carbonyl (C=O) groups excluding carboxylic acids is 1. The van der Waals surface area contributed by atoms with Gasteiger partial charge in [-0.25, -0.2) is 9.50 Å². The van der Waals surface area contributed by atoms with E-state index < -0.39 is 5.41 Å². The highest BCUT2D eigenvalue weighted by Crippen LogP contribution is 2.48. The van der Waals surface area contributed by atoms with Crippen molar-refractivity contribution in [1.82, 2.24) is 14.6 Å². The first-order valence-corrected chi connectivity index (χ1v) is 6.70. The lowest BCUT2D eigenvalue weighted by molar-refractivity contribution is -0.146. The van der Waals surface area contributed by atoms with Gasteiger partial charge in [0.15, 0.2) is 17.2 Å². The second kappa shape index (κ2) is 4.47. The van der Waals surface area contributed by atoms with Gasteiger partial charge >= 0.3 is 5.97 Å². The number of pyridine rings is 1. The fourth-order valence-corrected chi connectivity index (χ4v) is 2.33. The summed E-state index contributed by atoms with van der Waals surface area (Å²) in [5.74, 6) is 0.949. The van der Waals surface area contributed by atoms with Gasteiger partial charge in [0.25, 0.3) is 0 Å². The van der Waals surface area contributed by atoms with Crippen LogP contribution in [0.1, 0.15) is 31.3 Å². The van der Waals surface area contributed by atoms with E-state index in [1.807, 2.05) is 19.1 Å². The van der Waals surface area contributed by atoms with Gasteiger partial charge in [0.1, 0.15) is 5.41 Å². The molecule has 20 heavy (non-hydrogen) atoms. The Hall–Kier alpha value is -2.11. The van der Waals surface area contributed by atoms with Gasteiger partial charge in [-0.05, 0) is 38.8 Å². The highest BCUT2D eigenvalue weighted by molar-refractivity contribution is 5.85. The number of nitrogens with zero attached hydrogens (tertiary/aromatic N) is 3. The Bertz CT molecular complexity index is 674. The zero-order valence-electron chi connectivity index (χ0n) is 11.8. The summed E-state index contributed by atoms with van der Waals surface area (Å²) in [4.78, 5) is 16.6. The summed E-state index contributed by atoms with van der Waals surface area (Å²) in [5, 5.41) is 4.48. The third kappa shape index (κ3) is 1.75. The third-order valence-corrected chi connectivity index (χ3v) is 3.70. The molecule has 1 aliphatic carbocycles. The minimum absolute atomic E-state index is 0.229. The maximum absolute atomic E-state index is 12.1. The van der Waals surface area contributed by atoms with Gasteiger partial charge in [0.05, 0.1) is 13.7 Å². The van der Waals surface area contributed by atoms with Crippen LogP contribution in [-0.2, 0) is 14.9 Å². The molecule has 2 aromatic rings. The second-order valence-electron chi connectivity index (χ2n) is 5.02. The number of rotatable bonds is 4. The number of hydrogen-bond acceptors (Lipinski definition) is 5.